The number of carbonyl (C=O) groups excluding carboxylic acids is 2. The second-order valence-corrected chi connectivity index (χ2v) is 11.6. The maximum atomic E-state index is 14.7. The molecule has 9 nitrogen and oxygen atoms in total. The first-order valence-corrected chi connectivity index (χ1v) is 14.7. The number of benzene rings is 2. The maximum Gasteiger partial charge on any atom is 0.416 e. The number of carbonyl (C=O) groups is 2. The summed E-state index contributed by atoms with van der Waals surface area (Å²) in [6.45, 7) is 3.80. The molecule has 0 spiro atoms. The van der Waals surface area contributed by atoms with Crippen molar-refractivity contribution >= 4 is 23.6 Å². The van der Waals surface area contributed by atoms with Gasteiger partial charge in [0.15, 0.2) is 5.82 Å². The van der Waals surface area contributed by atoms with Crippen molar-refractivity contribution in [3.05, 3.63) is 76.7 Å². The number of nitrogens with zero attached hydrogens (tertiary/aromatic N) is 6. The van der Waals surface area contributed by atoms with E-state index in [0.717, 1.165) is 18.1 Å². The van der Waals surface area contributed by atoms with Gasteiger partial charge in [-0.05, 0) is 49.4 Å². The SMILES string of the molecule is COC(=O)N1CC[C@H]1Cn1cc2c(n1)N(Cc1ccccc1C(F)(F)F)C(=O)N(C1CCN(c3c(C)cccc3F)CC1)C2. The Morgan fingerprint density at radius 2 is 1.80 bits per heavy atom. The second-order valence-electron chi connectivity index (χ2n) is 11.6. The van der Waals surface area contributed by atoms with Crippen LogP contribution in [0.3, 0.4) is 0 Å². The van der Waals surface area contributed by atoms with Gasteiger partial charge in [0, 0.05) is 37.4 Å². The molecule has 6 rings (SSSR count). The molecule has 0 radical (unpaired) electrons. The van der Waals surface area contributed by atoms with Crippen LogP contribution in [-0.2, 0) is 30.5 Å². The van der Waals surface area contributed by atoms with E-state index >= 15 is 0 Å². The molecule has 0 aliphatic carbocycles. The van der Waals surface area contributed by atoms with E-state index in [0.29, 0.717) is 56.1 Å². The Balaban J connectivity index is 1.27. The molecule has 0 N–H and O–H groups in total. The fourth-order valence-corrected chi connectivity index (χ4v) is 6.54. The van der Waals surface area contributed by atoms with E-state index in [9.17, 15) is 27.2 Å². The van der Waals surface area contributed by atoms with Crippen molar-refractivity contribution in [3.8, 4) is 0 Å². The number of amides is 3. The molecular formula is C31H34F4N6O3. The van der Waals surface area contributed by atoms with Gasteiger partial charge in [-0.25, -0.2) is 14.0 Å². The number of hydrogen-bond donors (Lipinski definition) is 0. The van der Waals surface area contributed by atoms with Gasteiger partial charge in [-0.1, -0.05) is 30.3 Å². The molecule has 4 heterocycles. The van der Waals surface area contributed by atoms with Crippen LogP contribution in [0.15, 0.2) is 48.7 Å². The number of methoxy groups -OCH3 is 1. The van der Waals surface area contributed by atoms with E-state index in [2.05, 4.69) is 5.10 Å². The van der Waals surface area contributed by atoms with Gasteiger partial charge in [0.25, 0.3) is 0 Å². The summed E-state index contributed by atoms with van der Waals surface area (Å²) in [4.78, 5) is 32.8. The van der Waals surface area contributed by atoms with Crippen LogP contribution in [0.4, 0.5) is 38.7 Å². The zero-order chi connectivity index (χ0) is 31.2. The van der Waals surface area contributed by atoms with Gasteiger partial charge >= 0.3 is 18.3 Å². The number of hydrogen-bond acceptors (Lipinski definition) is 5. The number of aromatic nitrogens is 2. The van der Waals surface area contributed by atoms with E-state index in [1.54, 1.807) is 20.5 Å². The zero-order valence-electron chi connectivity index (χ0n) is 24.6. The molecule has 3 amide bonds. The number of likely N-dealkylation sites (tertiary alicyclic amines) is 1. The van der Waals surface area contributed by atoms with E-state index in [1.807, 2.05) is 24.1 Å². The van der Waals surface area contributed by atoms with Crippen LogP contribution in [-0.4, -0.2) is 70.5 Å². The van der Waals surface area contributed by atoms with Gasteiger partial charge in [-0.3, -0.25) is 9.58 Å². The molecule has 0 saturated carbocycles. The smallest absolute Gasteiger partial charge is 0.416 e. The summed E-state index contributed by atoms with van der Waals surface area (Å²) in [5.41, 5.74) is 1.27. The summed E-state index contributed by atoms with van der Waals surface area (Å²) in [6, 6.07) is 9.47. The Morgan fingerprint density at radius 3 is 2.45 bits per heavy atom. The first-order valence-electron chi connectivity index (χ1n) is 14.7. The molecule has 2 saturated heterocycles. The highest BCUT2D eigenvalue weighted by Crippen LogP contribution is 2.37. The Morgan fingerprint density at radius 1 is 1.05 bits per heavy atom. The van der Waals surface area contributed by atoms with Crippen molar-refractivity contribution in [1.82, 2.24) is 19.6 Å². The summed E-state index contributed by atoms with van der Waals surface area (Å²) < 4.78 is 62.9. The van der Waals surface area contributed by atoms with E-state index < -0.39 is 23.9 Å². The molecule has 0 unspecified atom stereocenters. The van der Waals surface area contributed by atoms with E-state index in [1.165, 1.54) is 36.3 Å². The molecule has 1 atom stereocenters. The highest BCUT2D eigenvalue weighted by atomic mass is 19.4. The predicted molar refractivity (Wildman–Crippen MR) is 155 cm³/mol. The number of ether oxygens (including phenoxy) is 1. The number of aryl methyl sites for hydroxylation is 1. The zero-order valence-corrected chi connectivity index (χ0v) is 24.6. The number of piperidine rings is 1. The minimum atomic E-state index is -4.59. The third-order valence-corrected chi connectivity index (χ3v) is 8.90. The number of alkyl halides is 3. The van der Waals surface area contributed by atoms with Gasteiger partial charge in [-0.2, -0.15) is 18.3 Å². The van der Waals surface area contributed by atoms with Crippen molar-refractivity contribution in [1.29, 1.82) is 0 Å². The average molecular weight is 615 g/mol. The summed E-state index contributed by atoms with van der Waals surface area (Å²) >= 11 is 0. The number of rotatable bonds is 6. The van der Waals surface area contributed by atoms with E-state index in [-0.39, 0.29) is 36.6 Å². The van der Waals surface area contributed by atoms with Crippen LogP contribution in [0.2, 0.25) is 0 Å². The molecule has 0 bridgehead atoms. The number of halogens is 4. The van der Waals surface area contributed by atoms with Gasteiger partial charge in [-0.15, -0.1) is 0 Å². The summed E-state index contributed by atoms with van der Waals surface area (Å²) in [7, 11) is 1.32. The van der Waals surface area contributed by atoms with Crippen molar-refractivity contribution in [2.75, 3.05) is 36.5 Å². The largest absolute Gasteiger partial charge is 0.453 e. The van der Waals surface area contributed by atoms with E-state index in [4.69, 9.17) is 4.74 Å². The molecule has 234 valence electrons. The first kappa shape index (κ1) is 29.8. The lowest BCUT2D eigenvalue weighted by Crippen LogP contribution is -2.54. The molecule has 13 heteroatoms. The highest BCUT2D eigenvalue weighted by molar-refractivity contribution is 5.94. The van der Waals surface area contributed by atoms with Crippen LogP contribution in [0.1, 0.15) is 41.5 Å². The third kappa shape index (κ3) is 5.55. The van der Waals surface area contributed by atoms with Gasteiger partial charge < -0.3 is 19.4 Å². The first-order chi connectivity index (χ1) is 21.0. The van der Waals surface area contributed by atoms with Gasteiger partial charge in [0.05, 0.1) is 44.0 Å². The monoisotopic (exact) mass is 614 g/mol. The normalized spacial score (nSPS) is 19.2. The van der Waals surface area contributed by atoms with Crippen LogP contribution in [0, 0.1) is 12.7 Å². The summed E-state index contributed by atoms with van der Waals surface area (Å²) in [6.07, 6.45) is -1.30. The lowest BCUT2D eigenvalue weighted by molar-refractivity contribution is -0.138. The Labute approximate surface area is 252 Å². The number of fused-ring (bicyclic) bond motifs is 1. The minimum absolute atomic E-state index is 0.0311. The van der Waals surface area contributed by atoms with Gasteiger partial charge in [0.1, 0.15) is 5.82 Å². The molecule has 1 aromatic heterocycles. The molecular weight excluding hydrogens is 580 g/mol. The van der Waals surface area contributed by atoms with Crippen molar-refractivity contribution in [3.63, 3.8) is 0 Å². The molecule has 3 aromatic rings. The topological polar surface area (TPSA) is 74.1 Å². The Kier molecular flexibility index (Phi) is 7.89. The molecule has 2 aromatic carbocycles. The van der Waals surface area contributed by atoms with Crippen LogP contribution >= 0.6 is 0 Å². The average Bonchev–Trinajstić information content (AvgIpc) is 3.39. The molecule has 44 heavy (non-hydrogen) atoms. The maximum absolute atomic E-state index is 14.7. The second kappa shape index (κ2) is 11.7. The van der Waals surface area contributed by atoms with Crippen molar-refractivity contribution in [2.45, 2.75) is 64.1 Å². The number of urea groups is 1. The summed E-state index contributed by atoms with van der Waals surface area (Å²) in [5, 5.41) is 4.65. The highest BCUT2D eigenvalue weighted by Gasteiger charge is 2.41. The van der Waals surface area contributed by atoms with Crippen molar-refractivity contribution < 1.29 is 31.9 Å². The quantitative estimate of drug-likeness (QED) is 0.328. The molecule has 3 aliphatic rings. The number of para-hydroxylation sites is 1. The van der Waals surface area contributed by atoms with Crippen molar-refractivity contribution in [2.24, 2.45) is 0 Å². The molecule has 2 fully saturated rings. The standard InChI is InChI=1S/C31H34F4N6O3/c1-20-6-5-9-26(32)27(20)37-13-10-23(11-14-37)40-18-22-16-38(19-24-12-15-39(24)30(43)44-2)36-28(22)41(29(40)42)17-21-7-3-4-8-25(21)31(33,34)35/h3-9,16,23-24H,10-15,17-19H2,1-2H3/t24-/m0/s1. The fraction of sp³-hybridized carbons (Fsp3) is 0.452. The Hall–Kier alpha value is -4.29. The fourth-order valence-electron chi connectivity index (χ4n) is 6.54. The lowest BCUT2D eigenvalue weighted by Gasteiger charge is -2.43. The molecule has 3 aliphatic heterocycles. The van der Waals surface area contributed by atoms with Crippen LogP contribution < -0.4 is 9.80 Å². The summed E-state index contributed by atoms with van der Waals surface area (Å²) in [5.74, 6) is 0.0212. The van der Waals surface area contributed by atoms with Crippen LogP contribution in [0.25, 0.3) is 0 Å². The Bertz CT molecular complexity index is 1530. The number of anilines is 2. The minimum Gasteiger partial charge on any atom is -0.453 e. The third-order valence-electron chi connectivity index (χ3n) is 8.90. The lowest BCUT2D eigenvalue weighted by atomic mass is 10.00. The van der Waals surface area contributed by atoms with Gasteiger partial charge in [0.2, 0.25) is 0 Å². The predicted octanol–water partition coefficient (Wildman–Crippen LogP) is 5.80. The van der Waals surface area contributed by atoms with Crippen LogP contribution in [0.5, 0.6) is 0 Å².